The zero-order valence-electron chi connectivity index (χ0n) is 12.2. The second kappa shape index (κ2) is 6.95. The number of cyclic esters (lactones) is 1. The lowest BCUT2D eigenvalue weighted by Gasteiger charge is -2.07. The number of esters is 1. The molecule has 4 nitrogen and oxygen atoms in total. The molecule has 2 aromatic rings. The molecule has 0 N–H and O–H groups in total. The van der Waals surface area contributed by atoms with Gasteiger partial charge in [-0.15, -0.1) is 0 Å². The zero-order chi connectivity index (χ0) is 16.2. The van der Waals surface area contributed by atoms with Crippen LogP contribution in [0.25, 0.3) is 11.1 Å². The Labute approximate surface area is 137 Å². The zero-order valence-corrected chi connectivity index (χ0v) is 13.1. The van der Waals surface area contributed by atoms with Crippen LogP contribution < -0.4 is 0 Å². The minimum Gasteiger partial charge on any atom is -0.457 e. The molecule has 3 rings (SSSR count). The Morgan fingerprint density at radius 1 is 1.13 bits per heavy atom. The number of carbonyl (C=O) groups is 1. The van der Waals surface area contributed by atoms with Crippen molar-refractivity contribution < 1.29 is 23.1 Å². The molecule has 0 unspecified atom stereocenters. The fourth-order valence-electron chi connectivity index (χ4n) is 2.36. The third-order valence-corrected chi connectivity index (χ3v) is 4.10. The van der Waals surface area contributed by atoms with E-state index in [9.17, 15) is 9.18 Å². The minimum absolute atomic E-state index is 0.129. The molecule has 0 aromatic heterocycles. The summed E-state index contributed by atoms with van der Waals surface area (Å²) in [4.78, 5) is 16.8. The molecular formula is C17H13FO4S. The van der Waals surface area contributed by atoms with Crippen molar-refractivity contribution >= 4 is 29.2 Å². The van der Waals surface area contributed by atoms with Crippen LogP contribution in [0.1, 0.15) is 11.1 Å². The molecule has 0 radical (unpaired) electrons. The van der Waals surface area contributed by atoms with Crippen LogP contribution in [0.2, 0.25) is 0 Å². The van der Waals surface area contributed by atoms with E-state index in [0.717, 1.165) is 17.6 Å². The summed E-state index contributed by atoms with van der Waals surface area (Å²) >= 11 is 0.785. The van der Waals surface area contributed by atoms with E-state index in [4.69, 9.17) is 4.74 Å². The van der Waals surface area contributed by atoms with Crippen molar-refractivity contribution in [2.75, 3.05) is 13.7 Å². The maximum absolute atomic E-state index is 14.1. The van der Waals surface area contributed by atoms with Crippen LogP contribution >= 0.6 is 12.0 Å². The molecule has 0 aliphatic carbocycles. The molecule has 118 valence electrons. The van der Waals surface area contributed by atoms with E-state index >= 15 is 0 Å². The largest absolute Gasteiger partial charge is 0.457 e. The summed E-state index contributed by atoms with van der Waals surface area (Å²) in [5, 5.41) is 0. The number of hydrogen-bond donors (Lipinski definition) is 0. The normalized spacial score (nSPS) is 14.3. The number of carbonyl (C=O) groups excluding carboxylic acids is 1. The molecule has 0 saturated carbocycles. The molecule has 2 aromatic carbocycles. The maximum Gasteiger partial charge on any atom is 0.339 e. The molecule has 1 aliphatic heterocycles. The molecule has 0 spiro atoms. The lowest BCUT2D eigenvalue weighted by atomic mass is 9.97. The molecule has 0 atom stereocenters. The number of ether oxygens (including phenoxy) is 1. The molecule has 0 saturated heterocycles. The predicted molar refractivity (Wildman–Crippen MR) is 84.6 cm³/mol. The van der Waals surface area contributed by atoms with Crippen LogP contribution in [0, 0.1) is 5.82 Å². The lowest BCUT2D eigenvalue weighted by Crippen LogP contribution is -1.98. The molecule has 0 amide bonds. The fraction of sp³-hybridized carbons (Fsp3) is 0.118. The van der Waals surface area contributed by atoms with E-state index in [2.05, 4.69) is 9.22 Å². The smallest absolute Gasteiger partial charge is 0.339 e. The highest BCUT2D eigenvalue weighted by Crippen LogP contribution is 2.34. The van der Waals surface area contributed by atoms with E-state index in [1.807, 2.05) is 30.3 Å². The molecule has 6 heteroatoms. The SMILES string of the molecule is COOSc1ccc(C2=C(c3ccccc3)C(=O)OC2)cc1F. The van der Waals surface area contributed by atoms with E-state index in [-0.39, 0.29) is 6.61 Å². The average molecular weight is 332 g/mol. The number of benzene rings is 2. The third kappa shape index (κ3) is 3.29. The molecular weight excluding hydrogens is 319 g/mol. The van der Waals surface area contributed by atoms with Gasteiger partial charge in [-0.2, -0.15) is 4.33 Å². The van der Waals surface area contributed by atoms with Gasteiger partial charge in [-0.05, 0) is 23.3 Å². The summed E-state index contributed by atoms with van der Waals surface area (Å²) in [5.74, 6) is -0.850. The van der Waals surface area contributed by atoms with Crippen molar-refractivity contribution in [3.05, 3.63) is 65.5 Å². The summed E-state index contributed by atoms with van der Waals surface area (Å²) in [6.45, 7) is 0.129. The quantitative estimate of drug-likeness (QED) is 0.360. The van der Waals surface area contributed by atoms with E-state index in [1.165, 1.54) is 13.2 Å². The Hall–Kier alpha value is -2.15. The second-order valence-electron chi connectivity index (χ2n) is 4.76. The highest BCUT2D eigenvalue weighted by Gasteiger charge is 2.27. The predicted octanol–water partition coefficient (Wildman–Crippen LogP) is 3.88. The Balaban J connectivity index is 2.00. The van der Waals surface area contributed by atoms with Gasteiger partial charge in [0.15, 0.2) is 0 Å². The van der Waals surface area contributed by atoms with Crippen molar-refractivity contribution in [3.63, 3.8) is 0 Å². The molecule has 0 bridgehead atoms. The highest BCUT2D eigenvalue weighted by atomic mass is 32.2. The van der Waals surface area contributed by atoms with Gasteiger partial charge < -0.3 is 4.74 Å². The van der Waals surface area contributed by atoms with Gasteiger partial charge in [0.2, 0.25) is 0 Å². The van der Waals surface area contributed by atoms with Crippen LogP contribution in [-0.4, -0.2) is 19.7 Å². The van der Waals surface area contributed by atoms with Crippen LogP contribution in [0.5, 0.6) is 0 Å². The summed E-state index contributed by atoms with van der Waals surface area (Å²) in [6, 6.07) is 13.9. The van der Waals surface area contributed by atoms with Crippen LogP contribution in [0.3, 0.4) is 0 Å². The molecule has 1 aliphatic rings. The van der Waals surface area contributed by atoms with Gasteiger partial charge >= 0.3 is 5.97 Å². The minimum atomic E-state index is -0.455. The summed E-state index contributed by atoms with van der Waals surface area (Å²) in [7, 11) is 1.34. The first-order valence-electron chi connectivity index (χ1n) is 6.83. The summed E-state index contributed by atoms with van der Waals surface area (Å²) < 4.78 is 23.9. The van der Waals surface area contributed by atoms with Gasteiger partial charge in [-0.25, -0.2) is 14.1 Å². The lowest BCUT2D eigenvalue weighted by molar-refractivity contribution is -0.160. The Bertz CT molecular complexity index is 758. The van der Waals surface area contributed by atoms with Crippen LogP contribution in [0.15, 0.2) is 53.4 Å². The summed E-state index contributed by atoms with van der Waals surface area (Å²) in [5.41, 5.74) is 2.50. The van der Waals surface area contributed by atoms with Gasteiger partial charge in [0.1, 0.15) is 12.4 Å². The van der Waals surface area contributed by atoms with Gasteiger partial charge in [0, 0.05) is 5.57 Å². The van der Waals surface area contributed by atoms with Crippen molar-refractivity contribution in [3.8, 4) is 0 Å². The standard InChI is InChI=1S/C17H13FO4S/c1-20-22-23-15-8-7-12(9-14(15)18)13-10-21-17(19)16(13)11-5-3-2-4-6-11/h2-9H,10H2,1H3. The van der Waals surface area contributed by atoms with E-state index < -0.39 is 11.8 Å². The highest BCUT2D eigenvalue weighted by molar-refractivity contribution is 7.94. The first-order valence-corrected chi connectivity index (χ1v) is 7.58. The monoisotopic (exact) mass is 332 g/mol. The Morgan fingerprint density at radius 3 is 2.61 bits per heavy atom. The third-order valence-electron chi connectivity index (χ3n) is 3.39. The Kier molecular flexibility index (Phi) is 4.76. The molecule has 0 fully saturated rings. The second-order valence-corrected chi connectivity index (χ2v) is 5.50. The van der Waals surface area contributed by atoms with Crippen molar-refractivity contribution in [1.29, 1.82) is 0 Å². The summed E-state index contributed by atoms with van der Waals surface area (Å²) in [6.07, 6.45) is 0. The van der Waals surface area contributed by atoms with E-state index in [1.54, 1.807) is 12.1 Å². The van der Waals surface area contributed by atoms with Crippen molar-refractivity contribution in [2.45, 2.75) is 4.90 Å². The van der Waals surface area contributed by atoms with Gasteiger partial charge in [0.05, 0.1) is 29.6 Å². The Morgan fingerprint density at radius 2 is 1.91 bits per heavy atom. The van der Waals surface area contributed by atoms with Gasteiger partial charge in [-0.3, -0.25) is 0 Å². The van der Waals surface area contributed by atoms with Crippen LogP contribution in [-0.2, 0) is 18.8 Å². The average Bonchev–Trinajstić information content (AvgIpc) is 2.96. The first-order chi connectivity index (χ1) is 11.2. The first kappa shape index (κ1) is 15.7. The number of halogens is 1. The van der Waals surface area contributed by atoms with Crippen LogP contribution in [0.4, 0.5) is 4.39 Å². The van der Waals surface area contributed by atoms with Crippen molar-refractivity contribution in [2.24, 2.45) is 0 Å². The maximum atomic E-state index is 14.1. The fourth-order valence-corrected chi connectivity index (χ4v) is 2.76. The van der Waals surface area contributed by atoms with Crippen molar-refractivity contribution in [1.82, 2.24) is 0 Å². The molecule has 1 heterocycles. The molecule has 23 heavy (non-hydrogen) atoms. The number of hydrogen-bond acceptors (Lipinski definition) is 5. The topological polar surface area (TPSA) is 44.8 Å². The van der Waals surface area contributed by atoms with Gasteiger partial charge in [-0.1, -0.05) is 36.4 Å². The van der Waals surface area contributed by atoms with E-state index in [0.29, 0.717) is 21.6 Å². The van der Waals surface area contributed by atoms with Gasteiger partial charge in [0.25, 0.3) is 0 Å². The number of rotatable bonds is 5.